The summed E-state index contributed by atoms with van der Waals surface area (Å²) in [6.07, 6.45) is 1.14. The molecular formula is C9H18O2. The molecular weight excluding hydrogens is 140 g/mol. The Kier molecular flexibility index (Phi) is 4.92. The van der Waals surface area contributed by atoms with E-state index in [-0.39, 0.29) is 5.97 Å². The van der Waals surface area contributed by atoms with Crippen LogP contribution in [-0.4, -0.2) is 12.6 Å². The lowest BCUT2D eigenvalue weighted by Crippen LogP contribution is -2.15. The number of esters is 1. The van der Waals surface area contributed by atoms with E-state index >= 15 is 0 Å². The number of rotatable bonds is 4. The van der Waals surface area contributed by atoms with Crippen LogP contribution in [0.25, 0.3) is 0 Å². The summed E-state index contributed by atoms with van der Waals surface area (Å²) >= 11 is 0. The summed E-state index contributed by atoms with van der Waals surface area (Å²) in [4.78, 5) is 10.4. The number of ether oxygens (including phenoxy) is 1. The first-order chi connectivity index (χ1) is 5.07. The van der Waals surface area contributed by atoms with Crippen LogP contribution >= 0.6 is 0 Å². The molecule has 66 valence electrons. The van der Waals surface area contributed by atoms with E-state index in [2.05, 4.69) is 20.8 Å². The van der Waals surface area contributed by atoms with Crippen LogP contribution in [0.5, 0.6) is 0 Å². The lowest BCUT2D eigenvalue weighted by atomic mass is 9.95. The minimum Gasteiger partial charge on any atom is -0.466 e. The topological polar surface area (TPSA) is 26.3 Å². The van der Waals surface area contributed by atoms with E-state index in [0.29, 0.717) is 18.4 Å². The summed E-state index contributed by atoms with van der Waals surface area (Å²) in [5.74, 6) is 0.929. The van der Waals surface area contributed by atoms with E-state index in [1.165, 1.54) is 6.92 Å². The summed E-state index contributed by atoms with van der Waals surface area (Å²) in [7, 11) is 0. The molecule has 0 aromatic carbocycles. The Labute approximate surface area is 68.9 Å². The van der Waals surface area contributed by atoms with Crippen LogP contribution in [0.4, 0.5) is 0 Å². The molecule has 0 amide bonds. The standard InChI is InChI=1S/C9H18O2/c1-5-7(2)8(3)6-11-9(4)10/h7-8H,5-6H2,1-4H3/t7-,8?/m0/s1. The van der Waals surface area contributed by atoms with Crippen molar-refractivity contribution in [3.8, 4) is 0 Å². The van der Waals surface area contributed by atoms with Crippen LogP contribution in [0.3, 0.4) is 0 Å². The van der Waals surface area contributed by atoms with Crippen molar-refractivity contribution in [2.45, 2.75) is 34.1 Å². The molecule has 1 unspecified atom stereocenters. The highest BCUT2D eigenvalue weighted by Crippen LogP contribution is 2.14. The first-order valence-electron chi connectivity index (χ1n) is 4.21. The average molecular weight is 158 g/mol. The smallest absolute Gasteiger partial charge is 0.302 e. The molecule has 0 radical (unpaired) electrons. The Balaban J connectivity index is 3.51. The number of hydrogen-bond donors (Lipinski definition) is 0. The average Bonchev–Trinajstić information content (AvgIpc) is 1.98. The maximum absolute atomic E-state index is 10.4. The monoisotopic (exact) mass is 158 g/mol. The Morgan fingerprint density at radius 2 is 1.91 bits per heavy atom. The Hall–Kier alpha value is -0.530. The summed E-state index contributed by atoms with van der Waals surface area (Å²) in [6.45, 7) is 8.44. The fourth-order valence-electron chi connectivity index (χ4n) is 0.815. The van der Waals surface area contributed by atoms with Crippen molar-refractivity contribution in [2.24, 2.45) is 11.8 Å². The van der Waals surface area contributed by atoms with E-state index in [1.807, 2.05) is 0 Å². The maximum atomic E-state index is 10.4. The van der Waals surface area contributed by atoms with Gasteiger partial charge in [-0.25, -0.2) is 0 Å². The third-order valence-electron chi connectivity index (χ3n) is 2.16. The molecule has 0 aliphatic carbocycles. The fourth-order valence-corrected chi connectivity index (χ4v) is 0.815. The SMILES string of the molecule is CC[C@H](C)C(C)COC(C)=O. The molecule has 2 nitrogen and oxygen atoms in total. The van der Waals surface area contributed by atoms with E-state index in [1.54, 1.807) is 0 Å². The molecule has 0 N–H and O–H groups in total. The van der Waals surface area contributed by atoms with E-state index in [4.69, 9.17) is 4.74 Å². The van der Waals surface area contributed by atoms with Crippen molar-refractivity contribution in [1.82, 2.24) is 0 Å². The summed E-state index contributed by atoms with van der Waals surface area (Å²) in [6, 6.07) is 0. The molecule has 0 aliphatic heterocycles. The molecule has 2 atom stereocenters. The van der Waals surface area contributed by atoms with Gasteiger partial charge < -0.3 is 4.74 Å². The number of carbonyl (C=O) groups is 1. The second kappa shape index (κ2) is 5.16. The molecule has 0 aromatic rings. The third kappa shape index (κ3) is 4.82. The highest BCUT2D eigenvalue weighted by Gasteiger charge is 2.10. The lowest BCUT2D eigenvalue weighted by molar-refractivity contribution is -0.142. The van der Waals surface area contributed by atoms with Crippen LogP contribution in [0, 0.1) is 11.8 Å². The molecule has 0 fully saturated rings. The normalized spacial score (nSPS) is 15.6. The molecule has 0 rings (SSSR count). The van der Waals surface area contributed by atoms with Crippen molar-refractivity contribution in [3.63, 3.8) is 0 Å². The zero-order valence-electron chi connectivity index (χ0n) is 7.89. The Morgan fingerprint density at radius 3 is 2.27 bits per heavy atom. The van der Waals surface area contributed by atoms with Gasteiger partial charge in [0, 0.05) is 6.92 Å². The van der Waals surface area contributed by atoms with Gasteiger partial charge in [0.25, 0.3) is 0 Å². The predicted molar refractivity (Wildman–Crippen MR) is 45.3 cm³/mol. The Bertz CT molecular complexity index is 121. The van der Waals surface area contributed by atoms with Gasteiger partial charge in [0.15, 0.2) is 0 Å². The summed E-state index contributed by atoms with van der Waals surface area (Å²) in [5, 5.41) is 0. The van der Waals surface area contributed by atoms with Crippen molar-refractivity contribution < 1.29 is 9.53 Å². The highest BCUT2D eigenvalue weighted by atomic mass is 16.5. The first-order valence-corrected chi connectivity index (χ1v) is 4.21. The van der Waals surface area contributed by atoms with Gasteiger partial charge in [0.1, 0.15) is 0 Å². The second-order valence-electron chi connectivity index (χ2n) is 3.17. The van der Waals surface area contributed by atoms with Gasteiger partial charge in [-0.15, -0.1) is 0 Å². The van der Waals surface area contributed by atoms with Gasteiger partial charge in [-0.3, -0.25) is 4.79 Å². The summed E-state index contributed by atoms with van der Waals surface area (Å²) < 4.78 is 4.89. The third-order valence-corrected chi connectivity index (χ3v) is 2.16. The highest BCUT2D eigenvalue weighted by molar-refractivity contribution is 5.65. The number of hydrogen-bond acceptors (Lipinski definition) is 2. The first kappa shape index (κ1) is 10.5. The second-order valence-corrected chi connectivity index (χ2v) is 3.17. The van der Waals surface area contributed by atoms with E-state index < -0.39 is 0 Å². The van der Waals surface area contributed by atoms with Crippen molar-refractivity contribution >= 4 is 5.97 Å². The van der Waals surface area contributed by atoms with Crippen LogP contribution in [0.15, 0.2) is 0 Å². The van der Waals surface area contributed by atoms with Crippen LogP contribution < -0.4 is 0 Å². The number of carbonyl (C=O) groups excluding carboxylic acids is 1. The van der Waals surface area contributed by atoms with E-state index in [9.17, 15) is 4.79 Å². The Morgan fingerprint density at radius 1 is 1.36 bits per heavy atom. The minimum absolute atomic E-state index is 0.180. The van der Waals surface area contributed by atoms with E-state index in [0.717, 1.165) is 6.42 Å². The van der Waals surface area contributed by atoms with Gasteiger partial charge in [-0.1, -0.05) is 27.2 Å². The molecule has 0 bridgehead atoms. The van der Waals surface area contributed by atoms with Gasteiger partial charge >= 0.3 is 5.97 Å². The zero-order valence-corrected chi connectivity index (χ0v) is 7.89. The molecule has 0 heterocycles. The van der Waals surface area contributed by atoms with Gasteiger partial charge in [0.05, 0.1) is 6.61 Å². The molecule has 0 saturated heterocycles. The summed E-state index contributed by atoms with van der Waals surface area (Å²) in [5.41, 5.74) is 0. The molecule has 11 heavy (non-hydrogen) atoms. The largest absolute Gasteiger partial charge is 0.466 e. The molecule has 0 spiro atoms. The van der Waals surface area contributed by atoms with Crippen molar-refractivity contribution in [3.05, 3.63) is 0 Å². The maximum Gasteiger partial charge on any atom is 0.302 e. The lowest BCUT2D eigenvalue weighted by Gasteiger charge is -2.17. The van der Waals surface area contributed by atoms with Gasteiger partial charge in [0.2, 0.25) is 0 Å². The van der Waals surface area contributed by atoms with Crippen LogP contribution in [-0.2, 0) is 9.53 Å². The molecule has 0 aromatic heterocycles. The fraction of sp³-hybridized carbons (Fsp3) is 0.889. The predicted octanol–water partition coefficient (Wildman–Crippen LogP) is 2.23. The van der Waals surface area contributed by atoms with Gasteiger partial charge in [-0.2, -0.15) is 0 Å². The van der Waals surface area contributed by atoms with Crippen LogP contribution in [0.2, 0.25) is 0 Å². The van der Waals surface area contributed by atoms with Crippen LogP contribution in [0.1, 0.15) is 34.1 Å². The quantitative estimate of drug-likeness (QED) is 0.586. The molecule has 2 heteroatoms. The van der Waals surface area contributed by atoms with Crippen molar-refractivity contribution in [2.75, 3.05) is 6.61 Å². The molecule has 0 aliphatic rings. The molecule has 0 saturated carbocycles. The van der Waals surface area contributed by atoms with Crippen molar-refractivity contribution in [1.29, 1.82) is 0 Å². The zero-order chi connectivity index (χ0) is 8.85. The van der Waals surface area contributed by atoms with Gasteiger partial charge in [-0.05, 0) is 11.8 Å². The minimum atomic E-state index is -0.180.